The lowest BCUT2D eigenvalue weighted by Crippen LogP contribution is -2.26. The number of carbonyl (C=O) groups is 1. The lowest BCUT2D eigenvalue weighted by molar-refractivity contribution is -0.130. The van der Waals surface area contributed by atoms with E-state index in [1.165, 1.54) is 16.7 Å². The maximum atomic E-state index is 12.4. The topological polar surface area (TPSA) is 29.5 Å². The number of hydrogen-bond donors (Lipinski definition) is 0. The number of aryl methyl sites for hydroxylation is 3. The number of rotatable bonds is 6. The highest BCUT2D eigenvalue weighted by Gasteiger charge is 2.13. The lowest BCUT2D eigenvalue weighted by atomic mass is 10.0. The van der Waals surface area contributed by atoms with Crippen LogP contribution in [0.4, 0.5) is 0 Å². The number of halogens is 1. The molecule has 0 atom stereocenters. The van der Waals surface area contributed by atoms with Gasteiger partial charge >= 0.3 is 0 Å². The van der Waals surface area contributed by atoms with Crippen LogP contribution in [-0.4, -0.2) is 25.0 Å². The minimum absolute atomic E-state index is 0.108. The third-order valence-electron chi connectivity index (χ3n) is 4.18. The van der Waals surface area contributed by atoms with E-state index in [0.717, 1.165) is 17.7 Å². The second-order valence-corrected chi connectivity index (χ2v) is 6.57. The molecule has 0 saturated heterocycles. The molecule has 2 aromatic carbocycles. The predicted octanol–water partition coefficient (Wildman–Crippen LogP) is 4.56. The largest absolute Gasteiger partial charge is 0.496 e. The fourth-order valence-corrected chi connectivity index (χ4v) is 2.97. The van der Waals surface area contributed by atoms with Crippen LogP contribution in [0.3, 0.4) is 0 Å². The van der Waals surface area contributed by atoms with Crippen molar-refractivity contribution in [1.29, 1.82) is 0 Å². The molecule has 0 fully saturated rings. The molecule has 0 aromatic heterocycles. The minimum atomic E-state index is 0.108. The first-order valence-corrected chi connectivity index (χ1v) is 8.41. The Morgan fingerprint density at radius 2 is 1.88 bits per heavy atom. The number of benzene rings is 2. The van der Waals surface area contributed by atoms with Crippen molar-refractivity contribution in [2.24, 2.45) is 0 Å². The van der Waals surface area contributed by atoms with Crippen LogP contribution >= 0.6 is 11.6 Å². The smallest absolute Gasteiger partial charge is 0.222 e. The van der Waals surface area contributed by atoms with E-state index in [2.05, 4.69) is 32.0 Å². The third kappa shape index (κ3) is 4.75. The van der Waals surface area contributed by atoms with Crippen LogP contribution in [0.25, 0.3) is 0 Å². The van der Waals surface area contributed by atoms with Gasteiger partial charge in [-0.2, -0.15) is 0 Å². The number of nitrogens with zero attached hydrogens (tertiary/aromatic N) is 1. The molecule has 2 rings (SSSR count). The highest BCUT2D eigenvalue weighted by molar-refractivity contribution is 6.30. The molecule has 0 radical (unpaired) electrons. The van der Waals surface area contributed by atoms with Crippen molar-refractivity contribution >= 4 is 17.5 Å². The highest BCUT2D eigenvalue weighted by Crippen LogP contribution is 2.24. The summed E-state index contributed by atoms with van der Waals surface area (Å²) < 4.78 is 5.34. The molecule has 0 saturated carbocycles. The fourth-order valence-electron chi connectivity index (χ4n) is 2.77. The molecule has 0 unspecified atom stereocenters. The molecule has 24 heavy (non-hydrogen) atoms. The van der Waals surface area contributed by atoms with Crippen LogP contribution < -0.4 is 4.74 Å². The first kappa shape index (κ1) is 18.3. The summed E-state index contributed by atoms with van der Waals surface area (Å²) >= 11 is 6.05. The Kier molecular flexibility index (Phi) is 6.27. The molecule has 0 bridgehead atoms. The zero-order chi connectivity index (χ0) is 17.7. The van der Waals surface area contributed by atoms with Crippen molar-refractivity contribution in [2.45, 2.75) is 33.2 Å². The Morgan fingerprint density at radius 3 is 2.54 bits per heavy atom. The first-order valence-electron chi connectivity index (χ1n) is 8.03. The van der Waals surface area contributed by atoms with E-state index < -0.39 is 0 Å². The zero-order valence-corrected chi connectivity index (χ0v) is 15.5. The normalized spacial score (nSPS) is 10.5. The fraction of sp³-hybridized carbons (Fsp3) is 0.350. The molecule has 0 aliphatic carbocycles. The van der Waals surface area contributed by atoms with Gasteiger partial charge in [0.15, 0.2) is 0 Å². The third-order valence-corrected chi connectivity index (χ3v) is 4.42. The van der Waals surface area contributed by atoms with E-state index in [0.29, 0.717) is 18.0 Å². The van der Waals surface area contributed by atoms with Crippen molar-refractivity contribution in [3.63, 3.8) is 0 Å². The van der Waals surface area contributed by atoms with Crippen molar-refractivity contribution in [2.75, 3.05) is 14.2 Å². The van der Waals surface area contributed by atoms with Crippen LogP contribution in [0, 0.1) is 13.8 Å². The van der Waals surface area contributed by atoms with Gasteiger partial charge in [0.1, 0.15) is 5.75 Å². The van der Waals surface area contributed by atoms with Crippen molar-refractivity contribution < 1.29 is 9.53 Å². The van der Waals surface area contributed by atoms with Gasteiger partial charge in [-0.05, 0) is 49.6 Å². The Hall–Kier alpha value is -2.00. The Morgan fingerprint density at radius 1 is 1.12 bits per heavy atom. The minimum Gasteiger partial charge on any atom is -0.496 e. The number of carbonyl (C=O) groups excluding carboxylic acids is 1. The summed E-state index contributed by atoms with van der Waals surface area (Å²) in [5, 5.41) is 0.641. The summed E-state index contributed by atoms with van der Waals surface area (Å²) in [5.41, 5.74) is 4.62. The zero-order valence-electron chi connectivity index (χ0n) is 14.7. The van der Waals surface area contributed by atoms with Gasteiger partial charge in [-0.15, -0.1) is 0 Å². The van der Waals surface area contributed by atoms with Crippen molar-refractivity contribution in [3.05, 3.63) is 63.7 Å². The van der Waals surface area contributed by atoms with Crippen LogP contribution in [0.5, 0.6) is 5.75 Å². The molecule has 0 heterocycles. The number of ether oxygens (including phenoxy) is 1. The van der Waals surface area contributed by atoms with Gasteiger partial charge in [-0.3, -0.25) is 4.79 Å². The summed E-state index contributed by atoms with van der Waals surface area (Å²) in [7, 11) is 3.43. The van der Waals surface area contributed by atoms with Gasteiger partial charge in [0.2, 0.25) is 5.91 Å². The summed E-state index contributed by atoms with van der Waals surface area (Å²) in [6.07, 6.45) is 1.24. The molecule has 0 N–H and O–H groups in total. The molecule has 128 valence electrons. The average Bonchev–Trinajstić information content (AvgIpc) is 2.54. The molecule has 0 spiro atoms. The molecule has 1 amide bonds. The van der Waals surface area contributed by atoms with Gasteiger partial charge in [-0.25, -0.2) is 0 Å². The molecular weight excluding hydrogens is 322 g/mol. The van der Waals surface area contributed by atoms with Gasteiger partial charge < -0.3 is 9.64 Å². The van der Waals surface area contributed by atoms with E-state index in [1.807, 2.05) is 19.2 Å². The summed E-state index contributed by atoms with van der Waals surface area (Å²) in [5.74, 6) is 0.852. The quantitative estimate of drug-likeness (QED) is 0.768. The van der Waals surface area contributed by atoms with E-state index in [9.17, 15) is 4.79 Å². The number of methoxy groups -OCH3 is 1. The molecule has 4 heteroatoms. The Labute approximate surface area is 149 Å². The van der Waals surface area contributed by atoms with Crippen molar-refractivity contribution in [3.8, 4) is 5.75 Å². The summed E-state index contributed by atoms with van der Waals surface area (Å²) in [6.45, 7) is 4.65. The van der Waals surface area contributed by atoms with E-state index >= 15 is 0 Å². The monoisotopic (exact) mass is 345 g/mol. The maximum absolute atomic E-state index is 12.4. The second kappa shape index (κ2) is 8.20. The van der Waals surface area contributed by atoms with Crippen LogP contribution in [0.2, 0.25) is 5.02 Å². The molecule has 3 nitrogen and oxygen atoms in total. The number of hydrogen-bond acceptors (Lipinski definition) is 2. The first-order chi connectivity index (χ1) is 11.4. The molecular formula is C20H24ClNO2. The summed E-state index contributed by atoms with van der Waals surface area (Å²) in [4.78, 5) is 14.2. The predicted molar refractivity (Wildman–Crippen MR) is 98.7 cm³/mol. The Balaban J connectivity index is 1.98. The molecule has 2 aromatic rings. The molecule has 0 aliphatic heterocycles. The van der Waals surface area contributed by atoms with E-state index in [4.69, 9.17) is 16.3 Å². The Bertz CT molecular complexity index is 728. The van der Waals surface area contributed by atoms with Gasteiger partial charge in [0.25, 0.3) is 0 Å². The van der Waals surface area contributed by atoms with E-state index in [1.54, 1.807) is 18.1 Å². The van der Waals surface area contributed by atoms with Gasteiger partial charge in [-0.1, -0.05) is 35.4 Å². The number of amides is 1. The lowest BCUT2D eigenvalue weighted by Gasteiger charge is -2.19. The highest BCUT2D eigenvalue weighted by atomic mass is 35.5. The average molecular weight is 346 g/mol. The van der Waals surface area contributed by atoms with E-state index in [-0.39, 0.29) is 5.91 Å². The molecule has 0 aliphatic rings. The SMILES string of the molecule is COc1ccc(Cl)cc1CN(C)C(=O)CCc1ccc(C)cc1C. The van der Waals surface area contributed by atoms with Gasteiger partial charge in [0, 0.05) is 30.6 Å². The standard InChI is InChI=1S/C20H24ClNO2/c1-14-5-6-16(15(2)11-14)7-10-20(23)22(3)13-17-12-18(21)8-9-19(17)24-4/h5-6,8-9,11-12H,7,10,13H2,1-4H3. The van der Waals surface area contributed by atoms with Crippen LogP contribution in [0.15, 0.2) is 36.4 Å². The maximum Gasteiger partial charge on any atom is 0.222 e. The van der Waals surface area contributed by atoms with Crippen LogP contribution in [0.1, 0.15) is 28.7 Å². The summed E-state index contributed by atoms with van der Waals surface area (Å²) in [6, 6.07) is 11.8. The second-order valence-electron chi connectivity index (χ2n) is 6.14. The van der Waals surface area contributed by atoms with Crippen molar-refractivity contribution in [1.82, 2.24) is 4.90 Å². The van der Waals surface area contributed by atoms with Crippen LogP contribution in [-0.2, 0) is 17.8 Å². The van der Waals surface area contributed by atoms with Gasteiger partial charge in [0.05, 0.1) is 7.11 Å².